The van der Waals surface area contributed by atoms with Crippen molar-refractivity contribution >= 4 is 17.1 Å². The van der Waals surface area contributed by atoms with Gasteiger partial charge < -0.3 is 14.8 Å². The lowest BCUT2D eigenvalue weighted by atomic mass is 10.1. The fraction of sp³-hybridized carbons (Fsp3) is 0.250. The number of nitrogens with zero attached hydrogens (tertiary/aromatic N) is 2. The molecule has 0 unspecified atom stereocenters. The van der Waals surface area contributed by atoms with Gasteiger partial charge in [-0.25, -0.2) is 0 Å². The Morgan fingerprint density at radius 2 is 1.72 bits per heavy atom. The van der Waals surface area contributed by atoms with Crippen LogP contribution in [0.2, 0.25) is 0 Å². The Morgan fingerprint density at radius 3 is 2.40 bits per heavy atom. The van der Waals surface area contributed by atoms with Crippen LogP contribution in [0.15, 0.2) is 36.4 Å². The van der Waals surface area contributed by atoms with Crippen molar-refractivity contribution in [2.75, 3.05) is 18.5 Å². The number of rotatable bonds is 5. The molecule has 1 heterocycles. The number of anilines is 1. The molecule has 1 aliphatic heterocycles. The maximum Gasteiger partial charge on any atom is 0.299 e. The predicted octanol–water partition coefficient (Wildman–Crippen LogP) is 3.45. The Kier molecular flexibility index (Phi) is 4.38. The van der Waals surface area contributed by atoms with Crippen molar-refractivity contribution in [1.82, 2.24) is 0 Å². The summed E-state index contributed by atoms with van der Waals surface area (Å²) >= 11 is 0. The van der Waals surface area contributed by atoms with Crippen molar-refractivity contribution in [2.24, 2.45) is 0 Å². The number of hydrogen-bond acceptors (Lipinski definition) is 7. The van der Waals surface area contributed by atoms with Gasteiger partial charge in [-0.3, -0.25) is 20.2 Å². The second-order valence-electron chi connectivity index (χ2n) is 5.48. The average Bonchev–Trinajstić information content (AvgIpc) is 2.61. The average molecular weight is 345 g/mol. The van der Waals surface area contributed by atoms with E-state index in [1.54, 1.807) is 6.07 Å². The Balaban J connectivity index is 1.86. The molecule has 1 aliphatic rings. The summed E-state index contributed by atoms with van der Waals surface area (Å²) in [7, 11) is 0. The SMILES string of the molecule is C[C@@H](Nc1ccc([N+](=O)[O-])cc1[N+](=O)[O-])c1ccc2c(c1)OCCO2. The minimum Gasteiger partial charge on any atom is -0.486 e. The highest BCUT2D eigenvalue weighted by Gasteiger charge is 2.21. The zero-order valence-corrected chi connectivity index (χ0v) is 13.3. The number of nitro groups is 2. The van der Waals surface area contributed by atoms with Crippen LogP contribution in [0.5, 0.6) is 11.5 Å². The van der Waals surface area contributed by atoms with Crippen LogP contribution >= 0.6 is 0 Å². The van der Waals surface area contributed by atoms with Crippen molar-refractivity contribution in [3.8, 4) is 11.5 Å². The van der Waals surface area contributed by atoms with Gasteiger partial charge in [0.25, 0.3) is 11.4 Å². The van der Waals surface area contributed by atoms with Gasteiger partial charge in [-0.2, -0.15) is 0 Å². The van der Waals surface area contributed by atoms with E-state index in [-0.39, 0.29) is 23.1 Å². The molecule has 3 rings (SSSR count). The van der Waals surface area contributed by atoms with Gasteiger partial charge in [-0.1, -0.05) is 6.07 Å². The van der Waals surface area contributed by atoms with E-state index in [0.717, 1.165) is 11.6 Å². The number of nitro benzene ring substituents is 2. The third-order valence-corrected chi connectivity index (χ3v) is 3.83. The summed E-state index contributed by atoms with van der Waals surface area (Å²) in [6.07, 6.45) is 0. The van der Waals surface area contributed by atoms with Gasteiger partial charge in [0.2, 0.25) is 0 Å². The molecule has 0 aliphatic carbocycles. The molecule has 1 atom stereocenters. The van der Waals surface area contributed by atoms with E-state index in [2.05, 4.69) is 5.32 Å². The number of ether oxygens (including phenoxy) is 2. The van der Waals surface area contributed by atoms with Crippen molar-refractivity contribution in [1.29, 1.82) is 0 Å². The lowest BCUT2D eigenvalue weighted by Crippen LogP contribution is -2.16. The summed E-state index contributed by atoms with van der Waals surface area (Å²) in [5.41, 5.74) is 0.373. The van der Waals surface area contributed by atoms with Crippen molar-refractivity contribution < 1.29 is 19.3 Å². The highest BCUT2D eigenvalue weighted by atomic mass is 16.6. The first-order valence-corrected chi connectivity index (χ1v) is 7.54. The Hall–Kier alpha value is -3.36. The molecule has 1 N–H and O–H groups in total. The molecule has 9 nitrogen and oxygen atoms in total. The quantitative estimate of drug-likeness (QED) is 0.651. The smallest absolute Gasteiger partial charge is 0.299 e. The number of nitrogens with one attached hydrogen (secondary N) is 1. The Bertz CT molecular complexity index is 839. The van der Waals surface area contributed by atoms with Gasteiger partial charge in [0, 0.05) is 12.1 Å². The van der Waals surface area contributed by atoms with Crippen molar-refractivity contribution in [3.63, 3.8) is 0 Å². The highest BCUT2D eigenvalue weighted by Crippen LogP contribution is 2.35. The van der Waals surface area contributed by atoms with Gasteiger partial charge in [-0.15, -0.1) is 0 Å². The van der Waals surface area contributed by atoms with Crippen LogP contribution in [0, 0.1) is 20.2 Å². The molecule has 9 heteroatoms. The summed E-state index contributed by atoms with van der Waals surface area (Å²) in [5.74, 6) is 1.28. The van der Waals surface area contributed by atoms with Crippen LogP contribution in [0.4, 0.5) is 17.1 Å². The third-order valence-electron chi connectivity index (χ3n) is 3.83. The van der Waals surface area contributed by atoms with Crippen LogP contribution in [-0.4, -0.2) is 23.1 Å². The molecule has 0 saturated carbocycles. The first-order chi connectivity index (χ1) is 12.0. The molecule has 0 bridgehead atoms. The first kappa shape index (κ1) is 16.5. The zero-order chi connectivity index (χ0) is 18.0. The van der Waals surface area contributed by atoms with Crippen LogP contribution in [0.1, 0.15) is 18.5 Å². The van der Waals surface area contributed by atoms with E-state index in [4.69, 9.17) is 9.47 Å². The largest absolute Gasteiger partial charge is 0.486 e. The van der Waals surface area contributed by atoms with Crippen molar-refractivity contribution in [2.45, 2.75) is 13.0 Å². The summed E-state index contributed by atoms with van der Waals surface area (Å²) in [6, 6.07) is 8.66. The lowest BCUT2D eigenvalue weighted by molar-refractivity contribution is -0.393. The van der Waals surface area contributed by atoms with Crippen molar-refractivity contribution in [3.05, 3.63) is 62.2 Å². The van der Waals surface area contributed by atoms with E-state index in [0.29, 0.717) is 24.7 Å². The molecule has 0 fully saturated rings. The second-order valence-corrected chi connectivity index (χ2v) is 5.48. The van der Waals surface area contributed by atoms with Crippen LogP contribution in [0.3, 0.4) is 0 Å². The minimum atomic E-state index is -0.666. The number of non-ortho nitro benzene ring substituents is 1. The maximum atomic E-state index is 11.2. The van der Waals surface area contributed by atoms with E-state index in [1.807, 2.05) is 19.1 Å². The normalized spacial score (nSPS) is 13.8. The molecule has 0 saturated heterocycles. The molecule has 2 aromatic carbocycles. The molecule has 0 aromatic heterocycles. The van der Waals surface area contributed by atoms with E-state index in [1.165, 1.54) is 12.1 Å². The third kappa shape index (κ3) is 3.44. The van der Waals surface area contributed by atoms with E-state index >= 15 is 0 Å². The van der Waals surface area contributed by atoms with E-state index in [9.17, 15) is 20.2 Å². The second kappa shape index (κ2) is 6.63. The standard InChI is InChI=1S/C16H15N3O6/c1-10(11-2-5-15-16(8-11)25-7-6-24-15)17-13-4-3-12(18(20)21)9-14(13)19(22)23/h2-5,8-10,17H,6-7H2,1H3/t10-/m1/s1. The van der Waals surface area contributed by atoms with E-state index < -0.39 is 9.85 Å². The summed E-state index contributed by atoms with van der Waals surface area (Å²) in [4.78, 5) is 20.7. The van der Waals surface area contributed by atoms with Gasteiger partial charge in [0.15, 0.2) is 11.5 Å². The number of hydrogen-bond donors (Lipinski definition) is 1. The number of benzene rings is 2. The topological polar surface area (TPSA) is 117 Å². The van der Waals surface area contributed by atoms with Crippen LogP contribution < -0.4 is 14.8 Å². The predicted molar refractivity (Wildman–Crippen MR) is 89.2 cm³/mol. The molecular weight excluding hydrogens is 330 g/mol. The summed E-state index contributed by atoms with van der Waals surface area (Å²) < 4.78 is 11.0. The zero-order valence-electron chi connectivity index (χ0n) is 13.3. The Morgan fingerprint density at radius 1 is 1.00 bits per heavy atom. The summed E-state index contributed by atoms with van der Waals surface area (Å²) in [5, 5.41) is 25.0. The molecule has 130 valence electrons. The molecule has 0 spiro atoms. The van der Waals surface area contributed by atoms with Gasteiger partial charge in [0.05, 0.1) is 15.9 Å². The van der Waals surface area contributed by atoms with Gasteiger partial charge in [0.1, 0.15) is 18.9 Å². The minimum absolute atomic E-state index is 0.206. The van der Waals surface area contributed by atoms with Gasteiger partial charge in [-0.05, 0) is 30.7 Å². The highest BCUT2D eigenvalue weighted by molar-refractivity contribution is 5.66. The maximum absolute atomic E-state index is 11.2. The van der Waals surface area contributed by atoms with Gasteiger partial charge >= 0.3 is 0 Å². The molecule has 25 heavy (non-hydrogen) atoms. The first-order valence-electron chi connectivity index (χ1n) is 7.54. The number of fused-ring (bicyclic) bond motifs is 1. The fourth-order valence-electron chi connectivity index (χ4n) is 2.55. The summed E-state index contributed by atoms with van der Waals surface area (Å²) in [6.45, 7) is 2.79. The molecule has 2 aromatic rings. The van der Waals surface area contributed by atoms with Crippen LogP contribution in [-0.2, 0) is 0 Å². The lowest BCUT2D eigenvalue weighted by Gasteiger charge is -2.21. The van der Waals surface area contributed by atoms with Crippen LogP contribution in [0.25, 0.3) is 0 Å². The Labute approximate surface area is 142 Å². The molecule has 0 radical (unpaired) electrons. The monoisotopic (exact) mass is 345 g/mol. The molecular formula is C16H15N3O6. The fourth-order valence-corrected chi connectivity index (χ4v) is 2.55. The molecule has 0 amide bonds.